The van der Waals surface area contributed by atoms with Crippen LogP contribution in [-0.2, 0) is 11.2 Å². The van der Waals surface area contributed by atoms with Crippen molar-refractivity contribution in [3.05, 3.63) is 41.9 Å². The Balaban J connectivity index is 2.06. The predicted octanol–water partition coefficient (Wildman–Crippen LogP) is 3.99. The Labute approximate surface area is 116 Å². The van der Waals surface area contributed by atoms with Gasteiger partial charge in [0.05, 0.1) is 11.9 Å². The summed E-state index contributed by atoms with van der Waals surface area (Å²) in [6.45, 7) is 6.19. The molecule has 0 aliphatic heterocycles. The van der Waals surface area contributed by atoms with Crippen molar-refractivity contribution in [1.82, 2.24) is 4.98 Å². The first-order valence-corrected chi connectivity index (χ1v) is 6.98. The molecule has 0 radical (unpaired) electrons. The Morgan fingerprint density at radius 3 is 2.74 bits per heavy atom. The largest absolute Gasteiger partial charge is 0.444 e. The van der Waals surface area contributed by atoms with E-state index in [9.17, 15) is 4.39 Å². The van der Waals surface area contributed by atoms with Gasteiger partial charge in [0.2, 0.25) is 5.89 Å². The fourth-order valence-electron chi connectivity index (χ4n) is 1.50. The average molecular weight is 280 g/mol. The molecule has 0 saturated heterocycles. The van der Waals surface area contributed by atoms with E-state index in [-0.39, 0.29) is 11.2 Å². The monoisotopic (exact) mass is 280 g/mol. The highest BCUT2D eigenvalue weighted by Gasteiger charge is 2.19. The number of benzene rings is 1. The smallest absolute Gasteiger partial charge is 0.204 e. The predicted molar refractivity (Wildman–Crippen MR) is 75.6 cm³/mol. The van der Waals surface area contributed by atoms with Gasteiger partial charge in [0.15, 0.2) is 0 Å². The van der Waals surface area contributed by atoms with Crippen molar-refractivity contribution in [2.24, 2.45) is 0 Å². The molecule has 3 nitrogen and oxygen atoms in total. The Morgan fingerprint density at radius 1 is 1.37 bits per heavy atom. The Bertz CT molecular complexity index is 575. The lowest BCUT2D eigenvalue weighted by molar-refractivity contribution is 0.391. The number of anilines is 1. The quantitative estimate of drug-likeness (QED) is 0.682. The molecule has 2 rings (SSSR count). The van der Waals surface area contributed by atoms with Gasteiger partial charge in [-0.05, 0) is 18.2 Å². The van der Waals surface area contributed by atoms with E-state index < -0.39 is 0 Å². The van der Waals surface area contributed by atoms with Crippen molar-refractivity contribution >= 4 is 17.4 Å². The van der Waals surface area contributed by atoms with E-state index in [1.54, 1.807) is 12.3 Å². The normalized spacial score (nSPS) is 11.8. The van der Waals surface area contributed by atoms with Crippen LogP contribution in [0.3, 0.4) is 0 Å². The minimum Gasteiger partial charge on any atom is -0.444 e. The number of oxazole rings is 1. The molecule has 0 bridgehead atoms. The van der Waals surface area contributed by atoms with Crippen LogP contribution in [0.4, 0.5) is 10.1 Å². The molecule has 0 amide bonds. The summed E-state index contributed by atoms with van der Waals surface area (Å²) in [5.41, 5.74) is 6.29. The standard InChI is InChI=1S/C14H17FN2OS/c1-14(2,3)12-7-17-13(18-12)8-19-11-6-9(15)4-5-10(11)16/h4-7H,8,16H2,1-3H3. The van der Waals surface area contributed by atoms with Crippen LogP contribution in [0.1, 0.15) is 32.4 Å². The van der Waals surface area contributed by atoms with Gasteiger partial charge in [0.25, 0.3) is 0 Å². The van der Waals surface area contributed by atoms with Crippen LogP contribution in [0.25, 0.3) is 0 Å². The number of aromatic nitrogens is 1. The number of rotatable bonds is 3. The molecular formula is C14H17FN2OS. The van der Waals surface area contributed by atoms with Gasteiger partial charge in [-0.3, -0.25) is 0 Å². The summed E-state index contributed by atoms with van der Waals surface area (Å²) in [7, 11) is 0. The molecule has 19 heavy (non-hydrogen) atoms. The third-order valence-corrected chi connectivity index (χ3v) is 3.68. The lowest BCUT2D eigenvalue weighted by atomic mass is 9.94. The van der Waals surface area contributed by atoms with Crippen LogP contribution >= 0.6 is 11.8 Å². The number of thioether (sulfide) groups is 1. The van der Waals surface area contributed by atoms with Crippen LogP contribution in [0.15, 0.2) is 33.7 Å². The number of hydrogen-bond donors (Lipinski definition) is 1. The van der Waals surface area contributed by atoms with E-state index in [1.807, 2.05) is 0 Å². The first-order chi connectivity index (χ1) is 8.86. The van der Waals surface area contributed by atoms with Crippen molar-refractivity contribution in [3.8, 4) is 0 Å². The second-order valence-corrected chi connectivity index (χ2v) is 6.36. The zero-order valence-electron chi connectivity index (χ0n) is 11.2. The van der Waals surface area contributed by atoms with Crippen LogP contribution in [0.2, 0.25) is 0 Å². The zero-order chi connectivity index (χ0) is 14.0. The first kappa shape index (κ1) is 13.9. The van der Waals surface area contributed by atoms with E-state index in [0.717, 1.165) is 5.76 Å². The highest BCUT2D eigenvalue weighted by molar-refractivity contribution is 7.98. The molecule has 1 aromatic carbocycles. The number of hydrogen-bond acceptors (Lipinski definition) is 4. The maximum Gasteiger partial charge on any atom is 0.204 e. The summed E-state index contributed by atoms with van der Waals surface area (Å²) in [4.78, 5) is 4.93. The second-order valence-electron chi connectivity index (χ2n) is 5.34. The van der Waals surface area contributed by atoms with Crippen LogP contribution < -0.4 is 5.73 Å². The summed E-state index contributed by atoms with van der Waals surface area (Å²) in [5, 5.41) is 0. The number of nitrogen functional groups attached to an aromatic ring is 1. The summed E-state index contributed by atoms with van der Waals surface area (Å²) in [5.74, 6) is 1.71. The molecule has 0 spiro atoms. The van der Waals surface area contributed by atoms with Gasteiger partial charge in [-0.2, -0.15) is 0 Å². The highest BCUT2D eigenvalue weighted by Crippen LogP contribution is 2.30. The van der Waals surface area contributed by atoms with Gasteiger partial charge in [-0.15, -0.1) is 11.8 Å². The van der Waals surface area contributed by atoms with E-state index in [4.69, 9.17) is 10.2 Å². The average Bonchev–Trinajstić information content (AvgIpc) is 2.79. The lowest BCUT2D eigenvalue weighted by Crippen LogP contribution is -2.09. The van der Waals surface area contributed by atoms with Crippen LogP contribution in [0, 0.1) is 5.82 Å². The van der Waals surface area contributed by atoms with E-state index >= 15 is 0 Å². The molecule has 0 fully saturated rings. The van der Waals surface area contributed by atoms with Crippen molar-refractivity contribution < 1.29 is 8.81 Å². The van der Waals surface area contributed by atoms with Crippen molar-refractivity contribution in [1.29, 1.82) is 0 Å². The summed E-state index contributed by atoms with van der Waals surface area (Å²) < 4.78 is 18.8. The van der Waals surface area contributed by atoms with Crippen molar-refractivity contribution in [2.45, 2.75) is 36.8 Å². The second kappa shape index (κ2) is 5.25. The number of nitrogens with zero attached hydrogens (tertiary/aromatic N) is 1. The third kappa shape index (κ3) is 3.50. The van der Waals surface area contributed by atoms with Gasteiger partial charge in [-0.1, -0.05) is 20.8 Å². The molecule has 0 unspecified atom stereocenters. The molecule has 5 heteroatoms. The van der Waals surface area contributed by atoms with E-state index in [2.05, 4.69) is 25.8 Å². The molecule has 1 heterocycles. The van der Waals surface area contributed by atoms with Gasteiger partial charge in [-0.25, -0.2) is 9.37 Å². The minimum atomic E-state index is -0.292. The van der Waals surface area contributed by atoms with Crippen molar-refractivity contribution in [3.63, 3.8) is 0 Å². The highest BCUT2D eigenvalue weighted by atomic mass is 32.2. The van der Waals surface area contributed by atoms with E-state index in [0.29, 0.717) is 22.2 Å². The lowest BCUT2D eigenvalue weighted by Gasteiger charge is -2.13. The maximum atomic E-state index is 13.1. The Hall–Kier alpha value is -1.49. The first-order valence-electron chi connectivity index (χ1n) is 5.99. The topological polar surface area (TPSA) is 52.0 Å². The fourth-order valence-corrected chi connectivity index (χ4v) is 2.34. The zero-order valence-corrected chi connectivity index (χ0v) is 12.1. The summed E-state index contributed by atoms with van der Waals surface area (Å²) in [6.07, 6.45) is 1.74. The van der Waals surface area contributed by atoms with Gasteiger partial charge in [0, 0.05) is 16.0 Å². The maximum absolute atomic E-state index is 13.1. The molecule has 1 aromatic heterocycles. The molecule has 2 aromatic rings. The number of nitrogens with two attached hydrogens (primary N) is 1. The molecule has 102 valence electrons. The molecular weight excluding hydrogens is 263 g/mol. The minimum absolute atomic E-state index is 0.0617. The van der Waals surface area contributed by atoms with Gasteiger partial charge < -0.3 is 10.2 Å². The van der Waals surface area contributed by atoms with Crippen LogP contribution in [0.5, 0.6) is 0 Å². The van der Waals surface area contributed by atoms with Gasteiger partial charge >= 0.3 is 0 Å². The molecule has 0 saturated carbocycles. The Morgan fingerprint density at radius 2 is 2.11 bits per heavy atom. The summed E-state index contributed by atoms with van der Waals surface area (Å²) >= 11 is 1.42. The number of halogens is 1. The molecule has 2 N–H and O–H groups in total. The SMILES string of the molecule is CC(C)(C)c1cnc(CSc2cc(F)ccc2N)o1. The fraction of sp³-hybridized carbons (Fsp3) is 0.357. The van der Waals surface area contributed by atoms with Gasteiger partial charge in [0.1, 0.15) is 11.6 Å². The molecule has 0 aliphatic carbocycles. The molecule has 0 aliphatic rings. The molecule has 0 atom stereocenters. The summed E-state index contributed by atoms with van der Waals surface area (Å²) in [6, 6.07) is 4.34. The van der Waals surface area contributed by atoms with E-state index in [1.165, 1.54) is 23.9 Å². The van der Waals surface area contributed by atoms with Crippen molar-refractivity contribution in [2.75, 3.05) is 5.73 Å². The third-order valence-electron chi connectivity index (χ3n) is 2.62. The Kier molecular flexibility index (Phi) is 3.85. The van der Waals surface area contributed by atoms with Crippen LogP contribution in [-0.4, -0.2) is 4.98 Å².